The molecule has 3 atom stereocenters. The van der Waals surface area contributed by atoms with Crippen molar-refractivity contribution in [3.63, 3.8) is 0 Å². The van der Waals surface area contributed by atoms with Crippen LogP contribution in [0, 0.1) is 0 Å². The topological polar surface area (TPSA) is 126 Å². The molecule has 10 nitrogen and oxygen atoms in total. The number of benzene rings is 2. The average molecular weight is 511 g/mol. The van der Waals surface area contributed by atoms with Crippen LogP contribution in [-0.4, -0.2) is 44.6 Å². The molecular weight excluding hydrogens is 479 g/mol. The number of fused-ring (bicyclic) bond motifs is 1. The third-order valence-corrected chi connectivity index (χ3v) is 7.13. The Labute approximate surface area is 210 Å². The third-order valence-electron chi connectivity index (χ3n) is 5.30. The van der Waals surface area contributed by atoms with Crippen LogP contribution in [0.1, 0.15) is 19.4 Å². The normalized spacial score (nSPS) is 14.8. The fourth-order valence-corrected chi connectivity index (χ4v) is 5.47. The van der Waals surface area contributed by atoms with E-state index >= 15 is 0 Å². The van der Waals surface area contributed by atoms with Crippen LogP contribution in [0.2, 0.25) is 0 Å². The van der Waals surface area contributed by atoms with E-state index in [0.29, 0.717) is 42.5 Å². The summed E-state index contributed by atoms with van der Waals surface area (Å²) in [7, 11) is -3.43. The van der Waals surface area contributed by atoms with Crippen LogP contribution < -0.4 is 15.3 Å². The van der Waals surface area contributed by atoms with Gasteiger partial charge in [-0.1, -0.05) is 48.5 Å². The summed E-state index contributed by atoms with van der Waals surface area (Å²) < 4.78 is 33.4. The summed E-state index contributed by atoms with van der Waals surface area (Å²) >= 11 is 0. The molecule has 4 aromatic rings. The zero-order valence-electron chi connectivity index (χ0n) is 20.4. The summed E-state index contributed by atoms with van der Waals surface area (Å²) in [5.74, 6) is 0.815. The van der Waals surface area contributed by atoms with Gasteiger partial charge in [0.2, 0.25) is 0 Å². The molecule has 0 aliphatic carbocycles. The maximum absolute atomic E-state index is 13.8. The van der Waals surface area contributed by atoms with Gasteiger partial charge in [0.1, 0.15) is 23.9 Å². The molecule has 2 heterocycles. The van der Waals surface area contributed by atoms with Crippen LogP contribution in [0.4, 0.5) is 5.82 Å². The Hall–Kier alpha value is -3.30. The number of nitrogens with one attached hydrogen (secondary N) is 1. The molecule has 4 rings (SSSR count). The van der Waals surface area contributed by atoms with Crippen LogP contribution in [0.25, 0.3) is 11.2 Å². The molecule has 0 bridgehead atoms. The van der Waals surface area contributed by atoms with E-state index < -0.39 is 7.52 Å². The summed E-state index contributed by atoms with van der Waals surface area (Å²) in [6.07, 6.45) is 2.60. The van der Waals surface area contributed by atoms with Gasteiger partial charge < -0.3 is 24.3 Å². The van der Waals surface area contributed by atoms with Crippen molar-refractivity contribution in [2.45, 2.75) is 39.1 Å². The number of hydrogen-bond acceptors (Lipinski definition) is 8. The predicted octanol–water partition coefficient (Wildman–Crippen LogP) is 4.24. The zero-order valence-corrected chi connectivity index (χ0v) is 21.3. The summed E-state index contributed by atoms with van der Waals surface area (Å²) in [6, 6.07) is 18.7. The molecule has 0 fully saturated rings. The number of nitrogen functional groups attached to an aromatic ring is 1. The molecule has 0 saturated heterocycles. The Bertz CT molecular complexity index is 1290. The second-order valence-corrected chi connectivity index (χ2v) is 10.6. The molecule has 1 unspecified atom stereocenters. The molecule has 0 aliphatic heterocycles. The molecule has 0 amide bonds. The number of nitrogens with zero attached hydrogens (tertiary/aromatic N) is 4. The van der Waals surface area contributed by atoms with E-state index in [1.165, 1.54) is 6.33 Å². The number of para-hydroxylation sites is 1. The number of aromatic nitrogens is 4. The van der Waals surface area contributed by atoms with Crippen molar-refractivity contribution in [3.05, 3.63) is 78.9 Å². The van der Waals surface area contributed by atoms with E-state index in [2.05, 4.69) is 20.0 Å². The average Bonchev–Trinajstić information content (AvgIpc) is 3.28. The monoisotopic (exact) mass is 510 g/mol. The lowest BCUT2D eigenvalue weighted by atomic mass is 10.2. The first kappa shape index (κ1) is 25.8. The van der Waals surface area contributed by atoms with Crippen molar-refractivity contribution in [1.82, 2.24) is 24.6 Å². The van der Waals surface area contributed by atoms with Crippen molar-refractivity contribution in [3.8, 4) is 5.75 Å². The summed E-state index contributed by atoms with van der Waals surface area (Å²) in [5, 5.41) is 3.11. The number of imidazole rings is 1. The molecular formula is C25H31N6O4P. The van der Waals surface area contributed by atoms with Crippen LogP contribution in [0.3, 0.4) is 0 Å². The highest BCUT2D eigenvalue weighted by Crippen LogP contribution is 2.44. The molecule has 0 spiro atoms. The second kappa shape index (κ2) is 12.1. The highest BCUT2D eigenvalue weighted by atomic mass is 31.2. The van der Waals surface area contributed by atoms with Crippen molar-refractivity contribution >= 4 is 24.5 Å². The van der Waals surface area contributed by atoms with E-state index in [0.717, 1.165) is 5.56 Å². The molecule has 2 aromatic carbocycles. The standard InChI is InChI=1S/C25H31N6O4P/c1-19(14-33-15-21-9-5-3-6-10-21)30-36(32,35-22-11-7-4-8-12-22)18-34-20(2)13-31-17-29-23-24(26)27-16-28-25(23)31/h3-12,16-17,19-20H,13-15,18H2,1-2H3,(H,30,32)(H2,26,27,28)/t19-,20+,36?/m0/s1. The Morgan fingerprint density at radius 1 is 1.03 bits per heavy atom. The molecule has 0 radical (unpaired) electrons. The predicted molar refractivity (Wildman–Crippen MR) is 139 cm³/mol. The van der Waals surface area contributed by atoms with Crippen molar-refractivity contribution < 1.29 is 18.6 Å². The lowest BCUT2D eigenvalue weighted by molar-refractivity contribution is 0.0800. The summed E-state index contributed by atoms with van der Waals surface area (Å²) in [6.45, 7) is 5.05. The SMILES string of the molecule is C[C@H](Cn1cnc2c(N)ncnc21)OCP(=O)(N[C@@H](C)COCc1ccccc1)Oc1ccccc1. The Balaban J connectivity index is 1.37. The fraction of sp³-hybridized carbons (Fsp3) is 0.320. The van der Waals surface area contributed by atoms with Gasteiger partial charge in [-0.3, -0.25) is 4.57 Å². The Morgan fingerprint density at radius 3 is 2.50 bits per heavy atom. The minimum absolute atomic E-state index is 0.129. The van der Waals surface area contributed by atoms with Gasteiger partial charge in [0.25, 0.3) is 0 Å². The summed E-state index contributed by atoms with van der Waals surface area (Å²) in [4.78, 5) is 12.5. The van der Waals surface area contributed by atoms with Gasteiger partial charge in [0.15, 0.2) is 11.5 Å². The Morgan fingerprint density at radius 2 is 1.75 bits per heavy atom. The van der Waals surface area contributed by atoms with Gasteiger partial charge in [-0.2, -0.15) is 0 Å². The lowest BCUT2D eigenvalue weighted by Crippen LogP contribution is -2.32. The van der Waals surface area contributed by atoms with E-state index in [9.17, 15) is 4.57 Å². The number of anilines is 1. The molecule has 190 valence electrons. The van der Waals surface area contributed by atoms with E-state index in [-0.39, 0.29) is 18.5 Å². The van der Waals surface area contributed by atoms with Crippen molar-refractivity contribution in [2.75, 3.05) is 18.7 Å². The van der Waals surface area contributed by atoms with Gasteiger partial charge in [0.05, 0.1) is 32.2 Å². The van der Waals surface area contributed by atoms with E-state index in [4.69, 9.17) is 19.7 Å². The quantitative estimate of drug-likeness (QED) is 0.254. The smallest absolute Gasteiger partial charge is 0.342 e. The third kappa shape index (κ3) is 7.11. The fourth-order valence-electron chi connectivity index (χ4n) is 3.63. The maximum atomic E-state index is 13.8. The first-order valence-corrected chi connectivity index (χ1v) is 13.5. The minimum Gasteiger partial charge on any atom is -0.431 e. The first-order chi connectivity index (χ1) is 17.4. The van der Waals surface area contributed by atoms with Crippen LogP contribution >= 0.6 is 7.52 Å². The maximum Gasteiger partial charge on any atom is 0.342 e. The van der Waals surface area contributed by atoms with Crippen molar-refractivity contribution in [2.24, 2.45) is 0 Å². The van der Waals surface area contributed by atoms with Crippen molar-refractivity contribution in [1.29, 1.82) is 0 Å². The first-order valence-electron chi connectivity index (χ1n) is 11.7. The molecule has 3 N–H and O–H groups in total. The number of rotatable bonds is 13. The molecule has 0 saturated carbocycles. The highest BCUT2D eigenvalue weighted by molar-refractivity contribution is 7.57. The lowest BCUT2D eigenvalue weighted by Gasteiger charge is -2.25. The second-order valence-electron chi connectivity index (χ2n) is 8.54. The molecule has 36 heavy (non-hydrogen) atoms. The van der Waals surface area contributed by atoms with E-state index in [1.54, 1.807) is 18.5 Å². The van der Waals surface area contributed by atoms with Gasteiger partial charge in [0, 0.05) is 6.04 Å². The Kier molecular flexibility index (Phi) is 8.66. The van der Waals surface area contributed by atoms with Crippen LogP contribution in [0.15, 0.2) is 73.3 Å². The molecule has 11 heteroatoms. The van der Waals surface area contributed by atoms with Gasteiger partial charge >= 0.3 is 7.52 Å². The van der Waals surface area contributed by atoms with Gasteiger partial charge in [-0.25, -0.2) is 20.0 Å². The van der Waals surface area contributed by atoms with Gasteiger partial charge in [-0.15, -0.1) is 0 Å². The number of nitrogens with two attached hydrogens (primary N) is 1. The van der Waals surface area contributed by atoms with Crippen LogP contribution in [0.5, 0.6) is 5.75 Å². The largest absolute Gasteiger partial charge is 0.431 e. The molecule has 2 aromatic heterocycles. The number of ether oxygens (including phenoxy) is 2. The molecule has 0 aliphatic rings. The van der Waals surface area contributed by atoms with Gasteiger partial charge in [-0.05, 0) is 31.5 Å². The number of hydrogen-bond donors (Lipinski definition) is 2. The summed E-state index contributed by atoms with van der Waals surface area (Å²) in [5.41, 5.74) is 8.10. The van der Waals surface area contributed by atoms with Crippen LogP contribution in [-0.2, 0) is 27.2 Å². The highest BCUT2D eigenvalue weighted by Gasteiger charge is 2.29. The van der Waals surface area contributed by atoms with E-state index in [1.807, 2.05) is 66.9 Å². The minimum atomic E-state index is -3.43. The zero-order chi connectivity index (χ0) is 25.4.